The van der Waals surface area contributed by atoms with Crippen molar-refractivity contribution in [1.82, 2.24) is 15.1 Å². The van der Waals surface area contributed by atoms with Crippen LogP contribution in [0.1, 0.15) is 21.8 Å². The van der Waals surface area contributed by atoms with Crippen molar-refractivity contribution in [2.75, 3.05) is 11.9 Å². The predicted octanol–water partition coefficient (Wildman–Crippen LogP) is 4.52. The van der Waals surface area contributed by atoms with Crippen LogP contribution in [0.2, 0.25) is 0 Å². The van der Waals surface area contributed by atoms with E-state index in [4.69, 9.17) is 14.0 Å². The van der Waals surface area contributed by atoms with Crippen molar-refractivity contribution in [1.29, 1.82) is 0 Å². The number of hydrogen-bond donors (Lipinski definition) is 1. The first-order valence-corrected chi connectivity index (χ1v) is 10.4. The number of halogens is 3. The van der Waals surface area contributed by atoms with Crippen molar-refractivity contribution in [3.05, 3.63) is 90.1 Å². The molecule has 0 bridgehead atoms. The Morgan fingerprint density at radius 1 is 1.03 bits per heavy atom. The molecule has 4 rings (SSSR count). The molecule has 9 nitrogen and oxygen atoms in total. The molecule has 2 heterocycles. The number of ether oxygens (including phenoxy) is 2. The summed E-state index contributed by atoms with van der Waals surface area (Å²) in [6.45, 7) is -0.684. The van der Waals surface area contributed by atoms with E-state index < -0.39 is 30.2 Å². The van der Waals surface area contributed by atoms with Crippen molar-refractivity contribution in [2.24, 2.45) is 0 Å². The number of amides is 1. The third-order valence-electron chi connectivity index (χ3n) is 4.65. The van der Waals surface area contributed by atoms with E-state index in [1.165, 1.54) is 36.4 Å². The number of anilines is 1. The molecule has 0 atom stereocenters. The first-order chi connectivity index (χ1) is 17.3. The Morgan fingerprint density at radius 3 is 2.56 bits per heavy atom. The van der Waals surface area contributed by atoms with Crippen LogP contribution in [-0.4, -0.2) is 33.6 Å². The third-order valence-corrected chi connectivity index (χ3v) is 4.65. The van der Waals surface area contributed by atoms with Gasteiger partial charge < -0.3 is 19.3 Å². The van der Waals surface area contributed by atoms with Gasteiger partial charge >= 0.3 is 12.1 Å². The molecule has 36 heavy (non-hydrogen) atoms. The highest BCUT2D eigenvalue weighted by molar-refractivity contribution is 5.92. The molecular formula is C24H17F3N4O5. The Bertz CT molecular complexity index is 1340. The number of rotatable bonds is 8. The lowest BCUT2D eigenvalue weighted by Gasteiger charge is -2.10. The summed E-state index contributed by atoms with van der Waals surface area (Å²) >= 11 is 0. The smallest absolute Gasteiger partial charge is 0.416 e. The number of pyridine rings is 1. The van der Waals surface area contributed by atoms with Crippen molar-refractivity contribution in [3.8, 4) is 17.1 Å². The number of esters is 1. The maximum atomic E-state index is 12.8. The van der Waals surface area contributed by atoms with E-state index in [2.05, 4.69) is 20.4 Å². The molecule has 0 saturated heterocycles. The van der Waals surface area contributed by atoms with Gasteiger partial charge in [-0.3, -0.25) is 9.78 Å². The fraction of sp³-hybridized carbons (Fsp3) is 0.125. The van der Waals surface area contributed by atoms with Gasteiger partial charge in [0.1, 0.15) is 5.75 Å². The number of hydrogen-bond acceptors (Lipinski definition) is 8. The minimum Gasteiger partial charge on any atom is -0.484 e. The van der Waals surface area contributed by atoms with E-state index in [1.54, 1.807) is 24.5 Å². The van der Waals surface area contributed by atoms with Crippen LogP contribution >= 0.6 is 0 Å². The van der Waals surface area contributed by atoms with Crippen LogP contribution in [0.5, 0.6) is 5.75 Å². The van der Waals surface area contributed by atoms with Gasteiger partial charge in [0.25, 0.3) is 11.8 Å². The van der Waals surface area contributed by atoms with Gasteiger partial charge in [-0.05, 0) is 54.6 Å². The fourth-order valence-corrected chi connectivity index (χ4v) is 2.94. The highest BCUT2D eigenvalue weighted by atomic mass is 19.4. The molecule has 0 fully saturated rings. The van der Waals surface area contributed by atoms with E-state index in [-0.39, 0.29) is 29.5 Å². The predicted molar refractivity (Wildman–Crippen MR) is 119 cm³/mol. The van der Waals surface area contributed by atoms with Gasteiger partial charge in [0.05, 0.1) is 11.1 Å². The van der Waals surface area contributed by atoms with Crippen LogP contribution in [0, 0.1) is 0 Å². The molecule has 2 aromatic heterocycles. The second-order valence-corrected chi connectivity index (χ2v) is 7.27. The Kier molecular flexibility index (Phi) is 7.23. The Balaban J connectivity index is 1.25. The summed E-state index contributed by atoms with van der Waals surface area (Å²) in [7, 11) is 0. The summed E-state index contributed by atoms with van der Waals surface area (Å²) in [5.74, 6) is -0.613. The molecular weight excluding hydrogens is 481 g/mol. The summed E-state index contributed by atoms with van der Waals surface area (Å²) in [6.07, 6.45) is -1.34. The number of benzene rings is 2. The maximum Gasteiger partial charge on any atom is 0.416 e. The zero-order valence-electron chi connectivity index (χ0n) is 18.4. The Labute approximate surface area is 201 Å². The summed E-state index contributed by atoms with van der Waals surface area (Å²) in [5, 5.41) is 6.15. The molecule has 0 aliphatic heterocycles. The quantitative estimate of drug-likeness (QED) is 0.353. The zero-order chi connectivity index (χ0) is 25.5. The standard InChI is InChI=1S/C24H17F3N4O5/c25-24(26,27)17-4-1-5-18(11-17)29-20(32)13-34-19-8-6-15(7-9-19)23(33)35-14-21-30-22(31-36-21)16-3-2-10-28-12-16/h1-12H,13-14H2,(H,29,32). The van der Waals surface area contributed by atoms with Crippen molar-refractivity contribution >= 4 is 17.6 Å². The van der Waals surface area contributed by atoms with Crippen molar-refractivity contribution in [3.63, 3.8) is 0 Å². The first-order valence-electron chi connectivity index (χ1n) is 10.4. The van der Waals surface area contributed by atoms with Crippen molar-refractivity contribution < 1.29 is 36.8 Å². The number of nitrogens with zero attached hydrogens (tertiary/aromatic N) is 3. The van der Waals surface area contributed by atoms with Gasteiger partial charge in [0.2, 0.25) is 5.82 Å². The van der Waals surface area contributed by atoms with Gasteiger partial charge in [0.15, 0.2) is 13.2 Å². The molecule has 1 amide bonds. The number of alkyl halides is 3. The lowest BCUT2D eigenvalue weighted by Crippen LogP contribution is -2.20. The normalized spacial score (nSPS) is 11.1. The van der Waals surface area contributed by atoms with Crippen LogP contribution in [0.25, 0.3) is 11.4 Å². The van der Waals surface area contributed by atoms with E-state index >= 15 is 0 Å². The van der Waals surface area contributed by atoms with Crippen LogP contribution in [-0.2, 0) is 22.3 Å². The summed E-state index contributed by atoms with van der Waals surface area (Å²) in [5.41, 5.74) is -0.0253. The van der Waals surface area contributed by atoms with E-state index in [9.17, 15) is 22.8 Å². The topological polar surface area (TPSA) is 116 Å². The minimum absolute atomic E-state index is 0.00896. The molecule has 0 aliphatic carbocycles. The average molecular weight is 498 g/mol. The molecule has 0 radical (unpaired) electrons. The number of carbonyl (C=O) groups is 2. The molecule has 0 spiro atoms. The van der Waals surface area contributed by atoms with Crippen LogP contribution < -0.4 is 10.1 Å². The second-order valence-electron chi connectivity index (χ2n) is 7.27. The van der Waals surface area contributed by atoms with Crippen molar-refractivity contribution in [2.45, 2.75) is 12.8 Å². The zero-order valence-corrected chi connectivity index (χ0v) is 18.4. The molecule has 4 aromatic rings. The SMILES string of the molecule is O=C(COc1ccc(C(=O)OCc2nc(-c3cccnc3)no2)cc1)Nc1cccc(C(F)(F)F)c1. The van der Waals surface area contributed by atoms with Gasteiger partial charge in [-0.2, -0.15) is 18.2 Å². The van der Waals surface area contributed by atoms with Crippen LogP contribution in [0.15, 0.2) is 77.6 Å². The largest absolute Gasteiger partial charge is 0.484 e. The highest BCUT2D eigenvalue weighted by Crippen LogP contribution is 2.30. The monoisotopic (exact) mass is 498 g/mol. The molecule has 0 unspecified atom stereocenters. The Hall–Kier alpha value is -4.74. The summed E-state index contributed by atoms with van der Waals surface area (Å²) in [6, 6.07) is 13.5. The maximum absolute atomic E-state index is 12.8. The number of aromatic nitrogens is 3. The summed E-state index contributed by atoms with van der Waals surface area (Å²) in [4.78, 5) is 32.4. The van der Waals surface area contributed by atoms with Gasteiger partial charge in [0, 0.05) is 23.6 Å². The van der Waals surface area contributed by atoms with Gasteiger partial charge in [-0.1, -0.05) is 11.2 Å². The van der Waals surface area contributed by atoms with Gasteiger partial charge in [-0.25, -0.2) is 4.79 Å². The first kappa shape index (κ1) is 24.4. The van der Waals surface area contributed by atoms with Crippen LogP contribution in [0.3, 0.4) is 0 Å². The van der Waals surface area contributed by atoms with Crippen LogP contribution in [0.4, 0.5) is 18.9 Å². The molecule has 0 aliphatic rings. The number of carbonyl (C=O) groups excluding carboxylic acids is 2. The minimum atomic E-state index is -4.52. The second kappa shape index (κ2) is 10.7. The molecule has 0 saturated carbocycles. The molecule has 184 valence electrons. The Morgan fingerprint density at radius 2 is 1.83 bits per heavy atom. The van der Waals surface area contributed by atoms with E-state index in [1.807, 2.05) is 0 Å². The average Bonchev–Trinajstić information content (AvgIpc) is 3.36. The lowest BCUT2D eigenvalue weighted by molar-refractivity contribution is -0.137. The fourth-order valence-electron chi connectivity index (χ4n) is 2.94. The molecule has 2 aromatic carbocycles. The summed E-state index contributed by atoms with van der Waals surface area (Å²) < 4.78 is 53.9. The van der Waals surface area contributed by atoms with E-state index in [0.717, 1.165) is 12.1 Å². The highest BCUT2D eigenvalue weighted by Gasteiger charge is 2.30. The van der Waals surface area contributed by atoms with E-state index in [0.29, 0.717) is 11.4 Å². The molecule has 12 heteroatoms. The third kappa shape index (κ3) is 6.44. The number of nitrogens with one attached hydrogen (secondary N) is 1. The van der Waals surface area contributed by atoms with Gasteiger partial charge in [-0.15, -0.1) is 0 Å². The lowest BCUT2D eigenvalue weighted by atomic mass is 10.2. The molecule has 1 N–H and O–H groups in total.